The maximum atomic E-state index is 13.2. The summed E-state index contributed by atoms with van der Waals surface area (Å²) in [5, 5.41) is 16.4. The Kier molecular flexibility index (Phi) is 11.9. The van der Waals surface area contributed by atoms with Gasteiger partial charge in [-0.3, -0.25) is 48.6 Å². The second-order valence-corrected chi connectivity index (χ2v) is 15.2. The maximum Gasteiger partial charge on any atom is 0.264 e. The van der Waals surface area contributed by atoms with Crippen molar-refractivity contribution in [2.45, 2.75) is 38.3 Å². The molecule has 2 atom stereocenters. The molecule has 3 aliphatic heterocycles. The van der Waals surface area contributed by atoms with Crippen molar-refractivity contribution in [2.75, 3.05) is 63.2 Å². The fraction of sp³-hybridized carbons (Fsp3) is 0.381. The molecule has 8 rings (SSSR count). The lowest BCUT2D eigenvalue weighted by atomic mass is 10.0. The number of anilines is 2. The molecule has 2 fully saturated rings. The van der Waals surface area contributed by atoms with E-state index in [0.29, 0.717) is 69.4 Å². The number of rotatable bonds is 17. The number of H-pyrrole nitrogens is 1. The number of imidazole rings is 1. The van der Waals surface area contributed by atoms with Gasteiger partial charge in [0.15, 0.2) is 0 Å². The molecule has 5 heterocycles. The fourth-order valence-corrected chi connectivity index (χ4v) is 8.00. The van der Waals surface area contributed by atoms with Crippen LogP contribution in [0.2, 0.25) is 0 Å². The van der Waals surface area contributed by atoms with Crippen LogP contribution < -0.4 is 21.3 Å². The SMILES string of the molecule is Cn1ncc2cc(C(=O)Nc3ccc4nc(CN5CCC(CC(=O)NCCOCCOCCNc6cccc7c6C(=O)N(C6CCC(=O)NC6=O)C7=O)C5)[nH]c4c3)ccc21. The van der Waals surface area contributed by atoms with E-state index in [9.17, 15) is 28.8 Å². The number of piperidine rings is 1. The largest absolute Gasteiger partial charge is 0.382 e. The van der Waals surface area contributed by atoms with Crippen molar-refractivity contribution < 1.29 is 38.2 Å². The molecule has 60 heavy (non-hydrogen) atoms. The van der Waals surface area contributed by atoms with Gasteiger partial charge >= 0.3 is 0 Å². The van der Waals surface area contributed by atoms with Crippen LogP contribution in [-0.2, 0) is 37.4 Å². The van der Waals surface area contributed by atoms with Crippen molar-refractivity contribution in [1.82, 2.24) is 40.2 Å². The number of nitrogens with one attached hydrogen (secondary N) is 5. The van der Waals surface area contributed by atoms with Crippen LogP contribution in [0.3, 0.4) is 0 Å². The van der Waals surface area contributed by atoms with E-state index in [2.05, 4.69) is 36.2 Å². The van der Waals surface area contributed by atoms with Gasteiger partial charge in [-0.15, -0.1) is 0 Å². The Morgan fingerprint density at radius 2 is 1.77 bits per heavy atom. The number of amides is 6. The number of aromatic amines is 1. The molecule has 312 valence electrons. The number of hydrogen-bond acceptors (Lipinski definition) is 12. The Bertz CT molecular complexity index is 2480. The summed E-state index contributed by atoms with van der Waals surface area (Å²) in [6.45, 7) is 4.35. The number of imide groups is 2. The summed E-state index contributed by atoms with van der Waals surface area (Å²) < 4.78 is 13.0. The lowest BCUT2D eigenvalue weighted by molar-refractivity contribution is -0.136. The molecular formula is C42H46N10O8. The number of hydrogen-bond donors (Lipinski definition) is 5. The van der Waals surface area contributed by atoms with Crippen LogP contribution in [0.25, 0.3) is 21.9 Å². The number of likely N-dealkylation sites (tertiary alicyclic amines) is 1. The van der Waals surface area contributed by atoms with Crippen molar-refractivity contribution in [1.29, 1.82) is 0 Å². The average Bonchev–Trinajstić information content (AvgIpc) is 4.01. The maximum absolute atomic E-state index is 13.2. The van der Waals surface area contributed by atoms with Crippen molar-refractivity contribution in [3.8, 4) is 0 Å². The standard InChI is InChI=1S/C42H46N10O8/c1-50-33-8-5-26(20-27(33)22-45-50)39(55)46-28-6-7-30-32(21-28)48-35(47-30)24-51-14-11-25(23-51)19-37(54)44-13-16-60-18-17-59-15-12-43-31-4-2-3-29-38(31)42(58)52(41(29)57)34-9-10-36(53)49-40(34)56/h2-8,20-22,25,34,43H,9-19,23-24H2,1H3,(H,44,54)(H,46,55)(H,47,48)(H,49,53,56). The minimum absolute atomic E-state index is 0.0146. The van der Waals surface area contributed by atoms with Gasteiger partial charge in [0.25, 0.3) is 17.7 Å². The average molecular weight is 819 g/mol. The zero-order valence-corrected chi connectivity index (χ0v) is 33.1. The topological polar surface area (TPSA) is 222 Å². The third-order valence-corrected chi connectivity index (χ3v) is 11.0. The summed E-state index contributed by atoms with van der Waals surface area (Å²) in [7, 11) is 1.86. The molecule has 5 aromatic rings. The lowest BCUT2D eigenvalue weighted by Crippen LogP contribution is -2.54. The Hall–Kier alpha value is -6.50. The minimum atomic E-state index is -1.03. The summed E-state index contributed by atoms with van der Waals surface area (Å²) in [5.74, 6) is -1.36. The molecule has 5 N–H and O–H groups in total. The fourth-order valence-electron chi connectivity index (χ4n) is 8.00. The molecule has 2 aromatic heterocycles. The summed E-state index contributed by atoms with van der Waals surface area (Å²) in [6.07, 6.45) is 3.24. The minimum Gasteiger partial charge on any atom is -0.382 e. The van der Waals surface area contributed by atoms with Crippen LogP contribution in [0.15, 0.2) is 60.8 Å². The lowest BCUT2D eigenvalue weighted by Gasteiger charge is -2.27. The second-order valence-electron chi connectivity index (χ2n) is 15.2. The highest BCUT2D eigenvalue weighted by atomic mass is 16.5. The molecule has 2 unspecified atom stereocenters. The third kappa shape index (κ3) is 8.90. The number of carbonyl (C=O) groups excluding carboxylic acids is 6. The predicted molar refractivity (Wildman–Crippen MR) is 219 cm³/mol. The number of benzene rings is 3. The van der Waals surface area contributed by atoms with Crippen LogP contribution in [0.1, 0.15) is 62.6 Å². The smallest absolute Gasteiger partial charge is 0.264 e. The van der Waals surface area contributed by atoms with E-state index in [4.69, 9.17) is 14.5 Å². The zero-order chi connectivity index (χ0) is 41.8. The number of aryl methyl sites for hydroxylation is 1. The van der Waals surface area contributed by atoms with Crippen LogP contribution in [0, 0.1) is 5.92 Å². The van der Waals surface area contributed by atoms with Crippen LogP contribution in [0.4, 0.5) is 11.4 Å². The Morgan fingerprint density at radius 3 is 2.60 bits per heavy atom. The van der Waals surface area contributed by atoms with Gasteiger partial charge in [-0.05, 0) is 73.8 Å². The van der Waals surface area contributed by atoms with Crippen molar-refractivity contribution >= 4 is 68.8 Å². The summed E-state index contributed by atoms with van der Waals surface area (Å²) in [4.78, 5) is 87.2. The van der Waals surface area contributed by atoms with Gasteiger partial charge in [0, 0.05) is 61.8 Å². The number of ether oxygens (including phenoxy) is 2. The molecule has 0 bridgehead atoms. The molecule has 18 nitrogen and oxygen atoms in total. The first-order valence-corrected chi connectivity index (χ1v) is 20.1. The molecule has 18 heteroatoms. The first-order valence-electron chi connectivity index (χ1n) is 20.1. The molecule has 3 aliphatic rings. The van der Waals surface area contributed by atoms with Crippen LogP contribution in [0.5, 0.6) is 0 Å². The second kappa shape index (κ2) is 17.8. The number of carbonyl (C=O) groups is 6. The molecule has 0 saturated carbocycles. The van der Waals surface area contributed by atoms with E-state index < -0.39 is 29.7 Å². The van der Waals surface area contributed by atoms with Crippen molar-refractivity contribution in [3.63, 3.8) is 0 Å². The van der Waals surface area contributed by atoms with Gasteiger partial charge in [-0.2, -0.15) is 5.10 Å². The molecule has 2 saturated heterocycles. The van der Waals surface area contributed by atoms with Crippen molar-refractivity contribution in [3.05, 3.63) is 83.3 Å². The third-order valence-electron chi connectivity index (χ3n) is 11.0. The molecule has 3 aromatic carbocycles. The summed E-state index contributed by atoms with van der Waals surface area (Å²) in [6, 6.07) is 15.0. The molecule has 0 spiro atoms. The van der Waals surface area contributed by atoms with Gasteiger partial charge in [0.1, 0.15) is 11.9 Å². The molecule has 0 radical (unpaired) electrons. The van der Waals surface area contributed by atoms with E-state index in [1.54, 1.807) is 35.1 Å². The normalized spacial score (nSPS) is 18.1. The van der Waals surface area contributed by atoms with Crippen LogP contribution in [-0.4, -0.2) is 124 Å². The highest BCUT2D eigenvalue weighted by Gasteiger charge is 2.45. The van der Waals surface area contributed by atoms with E-state index >= 15 is 0 Å². The number of fused-ring (bicyclic) bond motifs is 3. The molecular weight excluding hydrogens is 773 g/mol. The van der Waals surface area contributed by atoms with E-state index in [-0.39, 0.29) is 41.7 Å². The molecule has 0 aliphatic carbocycles. The van der Waals surface area contributed by atoms with Gasteiger partial charge in [-0.25, -0.2) is 4.98 Å². The Balaban J connectivity index is 0.686. The van der Waals surface area contributed by atoms with Gasteiger partial charge in [0.2, 0.25) is 17.7 Å². The number of aromatic nitrogens is 4. The zero-order valence-electron chi connectivity index (χ0n) is 33.1. The van der Waals surface area contributed by atoms with Crippen molar-refractivity contribution in [2.24, 2.45) is 13.0 Å². The summed E-state index contributed by atoms with van der Waals surface area (Å²) >= 11 is 0. The van der Waals surface area contributed by atoms with Gasteiger partial charge < -0.3 is 30.4 Å². The first kappa shape index (κ1) is 40.3. The van der Waals surface area contributed by atoms with E-state index in [1.165, 1.54) is 0 Å². The molecule has 6 amide bonds. The highest BCUT2D eigenvalue weighted by Crippen LogP contribution is 2.32. The highest BCUT2D eigenvalue weighted by molar-refractivity contribution is 6.25. The van der Waals surface area contributed by atoms with E-state index in [1.807, 2.05) is 37.4 Å². The summed E-state index contributed by atoms with van der Waals surface area (Å²) in [5.41, 5.74) is 4.68. The Morgan fingerprint density at radius 1 is 0.933 bits per heavy atom. The predicted octanol–water partition coefficient (Wildman–Crippen LogP) is 2.58. The quantitative estimate of drug-likeness (QED) is 0.0675. The van der Waals surface area contributed by atoms with Gasteiger partial charge in [-0.1, -0.05) is 6.07 Å². The Labute approximate surface area is 344 Å². The number of nitrogens with zero attached hydrogens (tertiary/aromatic N) is 5. The first-order chi connectivity index (χ1) is 29.1. The van der Waals surface area contributed by atoms with E-state index in [0.717, 1.165) is 52.2 Å². The monoisotopic (exact) mass is 818 g/mol. The van der Waals surface area contributed by atoms with Gasteiger partial charge in [0.05, 0.1) is 66.8 Å². The van der Waals surface area contributed by atoms with Crippen LogP contribution >= 0.6 is 0 Å².